The molecule has 0 spiro atoms. The summed E-state index contributed by atoms with van der Waals surface area (Å²) in [6, 6.07) is 26.9. The average Bonchev–Trinajstić information content (AvgIpc) is 2.98. The molecular formula is C32H32ClNO5. The van der Waals surface area contributed by atoms with Gasteiger partial charge in [0.05, 0.1) is 18.3 Å². The third-order valence-electron chi connectivity index (χ3n) is 7.06. The molecule has 0 saturated carbocycles. The Labute approximate surface area is 233 Å². The number of alkyl halides is 1. The molecule has 1 fully saturated rings. The van der Waals surface area contributed by atoms with Crippen LogP contribution in [0.15, 0.2) is 84.9 Å². The quantitative estimate of drug-likeness (QED) is 0.141. The summed E-state index contributed by atoms with van der Waals surface area (Å²) in [7, 11) is 0. The van der Waals surface area contributed by atoms with Crippen LogP contribution < -0.4 is 10.1 Å². The average molecular weight is 546 g/mol. The van der Waals surface area contributed by atoms with Gasteiger partial charge in [0, 0.05) is 23.7 Å². The van der Waals surface area contributed by atoms with Gasteiger partial charge in [0.1, 0.15) is 24.7 Å². The minimum absolute atomic E-state index is 0.00871. The normalized spacial score (nSPS) is 17.2. The number of esters is 1. The predicted molar refractivity (Wildman–Crippen MR) is 153 cm³/mol. The molecule has 2 N–H and O–H groups in total. The monoisotopic (exact) mass is 545 g/mol. The lowest BCUT2D eigenvalue weighted by molar-refractivity contribution is 0.0106. The zero-order valence-corrected chi connectivity index (χ0v) is 22.4. The number of aromatic hydroxyl groups is 1. The molecule has 1 heterocycles. The van der Waals surface area contributed by atoms with E-state index in [0.29, 0.717) is 17.9 Å². The number of phenols is 1. The standard InChI is InChI=1S/C32H32ClNO5/c33-19-25-6-2-4-8-29(25)32(36)38-16-15-37-26-11-9-23(10-12-26)28-13-14-34-20-31(28)39-21-22-17-24-5-1-3-7-27(24)30(35)18-22/h1-12,17-18,28,31,34-35H,13-16,19-21H2. The third-order valence-corrected chi connectivity index (χ3v) is 7.35. The molecule has 39 heavy (non-hydrogen) atoms. The van der Waals surface area contributed by atoms with Crippen LogP contribution >= 0.6 is 11.6 Å². The highest BCUT2D eigenvalue weighted by atomic mass is 35.5. The smallest absolute Gasteiger partial charge is 0.338 e. The molecule has 1 saturated heterocycles. The van der Waals surface area contributed by atoms with E-state index in [-0.39, 0.29) is 36.9 Å². The van der Waals surface area contributed by atoms with Crippen molar-refractivity contribution in [3.8, 4) is 11.5 Å². The number of hydrogen-bond donors (Lipinski definition) is 2. The molecule has 6 nitrogen and oxygen atoms in total. The number of fused-ring (bicyclic) bond motifs is 1. The Morgan fingerprint density at radius 1 is 0.974 bits per heavy atom. The van der Waals surface area contributed by atoms with Crippen molar-refractivity contribution < 1.29 is 24.1 Å². The first kappa shape index (κ1) is 27.0. The molecule has 0 bridgehead atoms. The van der Waals surface area contributed by atoms with Crippen LogP contribution in [0.5, 0.6) is 11.5 Å². The molecular weight excluding hydrogens is 514 g/mol. The zero-order chi connectivity index (χ0) is 27.0. The zero-order valence-electron chi connectivity index (χ0n) is 21.6. The van der Waals surface area contributed by atoms with Crippen molar-refractivity contribution in [2.45, 2.75) is 30.9 Å². The number of ether oxygens (including phenoxy) is 3. The van der Waals surface area contributed by atoms with Crippen molar-refractivity contribution in [3.63, 3.8) is 0 Å². The van der Waals surface area contributed by atoms with Gasteiger partial charge in [-0.25, -0.2) is 4.79 Å². The van der Waals surface area contributed by atoms with E-state index in [1.807, 2.05) is 48.5 Å². The van der Waals surface area contributed by atoms with E-state index in [4.69, 9.17) is 25.8 Å². The fourth-order valence-corrected chi connectivity index (χ4v) is 5.28. The second-order valence-corrected chi connectivity index (χ2v) is 9.90. The van der Waals surface area contributed by atoms with Gasteiger partial charge in [0.2, 0.25) is 0 Å². The summed E-state index contributed by atoms with van der Waals surface area (Å²) >= 11 is 5.91. The molecule has 7 heteroatoms. The molecule has 5 rings (SSSR count). The van der Waals surface area contributed by atoms with E-state index in [0.717, 1.165) is 41.4 Å². The van der Waals surface area contributed by atoms with Gasteiger partial charge in [-0.15, -0.1) is 11.6 Å². The lowest BCUT2D eigenvalue weighted by Crippen LogP contribution is -2.40. The van der Waals surface area contributed by atoms with Crippen LogP contribution in [0.1, 0.15) is 39.4 Å². The van der Waals surface area contributed by atoms with E-state index in [1.165, 1.54) is 5.56 Å². The SMILES string of the molecule is O=C(OCCOc1ccc(C2CCNCC2OCc2cc(O)c3ccccc3c2)cc1)c1ccccc1CCl. The van der Waals surface area contributed by atoms with Crippen LogP contribution in [0.4, 0.5) is 0 Å². The number of phenolic OH excluding ortho intramolecular Hbond substituents is 1. The van der Waals surface area contributed by atoms with Crippen molar-refractivity contribution >= 4 is 28.3 Å². The Morgan fingerprint density at radius 3 is 2.62 bits per heavy atom. The molecule has 202 valence electrons. The van der Waals surface area contributed by atoms with Crippen molar-refractivity contribution in [3.05, 3.63) is 107 Å². The highest BCUT2D eigenvalue weighted by Gasteiger charge is 2.27. The summed E-state index contributed by atoms with van der Waals surface area (Å²) in [5, 5.41) is 15.7. The van der Waals surface area contributed by atoms with Gasteiger partial charge in [-0.2, -0.15) is 0 Å². The lowest BCUT2D eigenvalue weighted by atomic mass is 9.87. The fourth-order valence-electron chi connectivity index (χ4n) is 5.04. The van der Waals surface area contributed by atoms with Crippen molar-refractivity contribution in [2.75, 3.05) is 26.3 Å². The predicted octanol–water partition coefficient (Wildman–Crippen LogP) is 6.18. The van der Waals surface area contributed by atoms with Crippen LogP contribution in [0, 0.1) is 0 Å². The number of carbonyl (C=O) groups excluding carboxylic acids is 1. The summed E-state index contributed by atoms with van der Waals surface area (Å²) in [4.78, 5) is 12.3. The second-order valence-electron chi connectivity index (χ2n) is 9.63. The fraction of sp³-hybridized carbons (Fsp3) is 0.281. The van der Waals surface area contributed by atoms with Crippen LogP contribution in [0.2, 0.25) is 0 Å². The molecule has 2 atom stereocenters. The Hall–Kier alpha value is -3.58. The maximum absolute atomic E-state index is 12.3. The molecule has 1 aliphatic heterocycles. The highest BCUT2D eigenvalue weighted by Crippen LogP contribution is 2.31. The number of nitrogens with one attached hydrogen (secondary N) is 1. The second kappa shape index (κ2) is 13.0. The summed E-state index contributed by atoms with van der Waals surface area (Å²) in [5.41, 5.74) is 3.37. The van der Waals surface area contributed by atoms with Crippen LogP contribution in [0.3, 0.4) is 0 Å². The van der Waals surface area contributed by atoms with Crippen LogP contribution in [0.25, 0.3) is 10.8 Å². The van der Waals surface area contributed by atoms with E-state index in [2.05, 4.69) is 23.5 Å². The van der Waals surface area contributed by atoms with E-state index < -0.39 is 5.97 Å². The molecule has 0 aliphatic carbocycles. The Morgan fingerprint density at radius 2 is 1.77 bits per heavy atom. The van der Waals surface area contributed by atoms with Gasteiger partial charge in [0.25, 0.3) is 0 Å². The van der Waals surface area contributed by atoms with Gasteiger partial charge < -0.3 is 24.6 Å². The summed E-state index contributed by atoms with van der Waals surface area (Å²) in [5.74, 6) is 1.09. The Bertz CT molecular complexity index is 1410. The third kappa shape index (κ3) is 6.71. The number of piperidine rings is 1. The number of carbonyl (C=O) groups is 1. The first-order valence-electron chi connectivity index (χ1n) is 13.2. The summed E-state index contributed by atoms with van der Waals surface area (Å²) < 4.78 is 17.5. The first-order chi connectivity index (χ1) is 19.1. The molecule has 2 unspecified atom stereocenters. The van der Waals surface area contributed by atoms with Gasteiger partial charge >= 0.3 is 5.97 Å². The minimum Gasteiger partial charge on any atom is -0.507 e. The van der Waals surface area contributed by atoms with E-state index in [9.17, 15) is 9.90 Å². The lowest BCUT2D eigenvalue weighted by Gasteiger charge is -2.32. The van der Waals surface area contributed by atoms with Crippen LogP contribution in [-0.4, -0.2) is 43.5 Å². The van der Waals surface area contributed by atoms with Gasteiger partial charge in [-0.05, 0) is 65.4 Å². The molecule has 1 aliphatic rings. The van der Waals surface area contributed by atoms with Gasteiger partial charge in [0.15, 0.2) is 0 Å². The minimum atomic E-state index is -0.402. The Balaban J connectivity index is 1.14. The van der Waals surface area contributed by atoms with Crippen molar-refractivity contribution in [2.24, 2.45) is 0 Å². The number of benzene rings is 4. The largest absolute Gasteiger partial charge is 0.507 e. The van der Waals surface area contributed by atoms with Gasteiger partial charge in [-0.1, -0.05) is 54.6 Å². The van der Waals surface area contributed by atoms with E-state index in [1.54, 1.807) is 18.2 Å². The molecule has 4 aromatic carbocycles. The maximum Gasteiger partial charge on any atom is 0.338 e. The molecule has 0 amide bonds. The molecule has 0 aromatic heterocycles. The summed E-state index contributed by atoms with van der Waals surface area (Å²) in [6.45, 7) is 2.52. The Kier molecular flexibility index (Phi) is 8.99. The highest BCUT2D eigenvalue weighted by molar-refractivity contribution is 6.17. The van der Waals surface area contributed by atoms with Crippen LogP contribution in [-0.2, 0) is 22.0 Å². The first-order valence-corrected chi connectivity index (χ1v) is 13.7. The van der Waals surface area contributed by atoms with E-state index >= 15 is 0 Å². The molecule has 4 aromatic rings. The number of halogens is 1. The number of rotatable bonds is 10. The van der Waals surface area contributed by atoms with Gasteiger partial charge in [-0.3, -0.25) is 0 Å². The topological polar surface area (TPSA) is 77.0 Å². The van der Waals surface area contributed by atoms with Crippen molar-refractivity contribution in [1.82, 2.24) is 5.32 Å². The number of hydrogen-bond acceptors (Lipinski definition) is 6. The maximum atomic E-state index is 12.3. The van der Waals surface area contributed by atoms with Crippen molar-refractivity contribution in [1.29, 1.82) is 0 Å². The molecule has 0 radical (unpaired) electrons. The summed E-state index contributed by atoms with van der Waals surface area (Å²) in [6.07, 6.45) is 0.975.